The van der Waals surface area contributed by atoms with Gasteiger partial charge in [0.15, 0.2) is 0 Å². The van der Waals surface area contributed by atoms with Crippen LogP contribution in [0.5, 0.6) is 0 Å². The minimum atomic E-state index is 0.405. The first-order chi connectivity index (χ1) is 21.0. The van der Waals surface area contributed by atoms with Crippen molar-refractivity contribution in [3.8, 4) is 0 Å². The van der Waals surface area contributed by atoms with Crippen molar-refractivity contribution in [3.63, 3.8) is 0 Å². The van der Waals surface area contributed by atoms with Gasteiger partial charge >= 0.3 is 0 Å². The highest BCUT2D eigenvalue weighted by molar-refractivity contribution is 5.83. The predicted octanol–water partition coefficient (Wildman–Crippen LogP) is 13.8. The van der Waals surface area contributed by atoms with Gasteiger partial charge in [0.2, 0.25) is 0 Å². The number of rotatable bonds is 3. The third-order valence-electron chi connectivity index (χ3n) is 14.1. The van der Waals surface area contributed by atoms with Gasteiger partial charge in [0.1, 0.15) is 0 Å². The normalized spacial score (nSPS) is 36.2. The van der Waals surface area contributed by atoms with E-state index in [9.17, 15) is 0 Å². The molecule has 2 aromatic rings. The molecule has 0 nitrogen and oxygen atoms in total. The fourth-order valence-corrected chi connectivity index (χ4v) is 11.5. The van der Waals surface area contributed by atoms with E-state index in [4.69, 9.17) is 0 Å². The summed E-state index contributed by atoms with van der Waals surface area (Å²) in [5.41, 5.74) is 2.95. The van der Waals surface area contributed by atoms with Crippen LogP contribution >= 0.6 is 0 Å². The van der Waals surface area contributed by atoms with E-state index >= 15 is 0 Å². The summed E-state index contributed by atoms with van der Waals surface area (Å²) in [5, 5.41) is 2.86. The van der Waals surface area contributed by atoms with Crippen LogP contribution in [0.25, 0.3) is 10.8 Å². The monoisotopic (exact) mass is 613 g/mol. The van der Waals surface area contributed by atoms with E-state index in [-0.39, 0.29) is 0 Å². The second-order valence-corrected chi connectivity index (χ2v) is 20.0. The lowest BCUT2D eigenvalue weighted by Gasteiger charge is -2.46. The van der Waals surface area contributed by atoms with E-state index in [1.807, 2.05) is 0 Å². The lowest BCUT2D eigenvalue weighted by atomic mass is 9.59. The van der Waals surface area contributed by atoms with Crippen molar-refractivity contribution in [3.05, 3.63) is 48.0 Å². The number of hydrogen-bond donors (Lipinski definition) is 0. The van der Waals surface area contributed by atoms with E-state index < -0.39 is 0 Å². The molecule has 0 aliphatic heterocycles. The summed E-state index contributed by atoms with van der Waals surface area (Å²) in [5.74, 6) is 9.53. The fraction of sp³-hybridized carbons (Fsp3) is 0.778. The van der Waals surface area contributed by atoms with Crippen molar-refractivity contribution in [2.75, 3.05) is 0 Å². The molecule has 4 fully saturated rings. The van der Waals surface area contributed by atoms with Crippen LogP contribution in [-0.2, 0) is 0 Å². The maximum atomic E-state index is 2.66. The Labute approximate surface area is 280 Å². The minimum Gasteiger partial charge on any atom is -0.0656 e. The zero-order valence-corrected chi connectivity index (χ0v) is 31.8. The lowest BCUT2D eigenvalue weighted by Crippen LogP contribution is -2.37. The van der Waals surface area contributed by atoms with Gasteiger partial charge in [-0.3, -0.25) is 0 Å². The van der Waals surface area contributed by atoms with Crippen LogP contribution in [0.4, 0.5) is 0 Å². The van der Waals surface area contributed by atoms with E-state index in [1.54, 1.807) is 5.56 Å². The molecule has 0 bridgehead atoms. The zero-order chi connectivity index (χ0) is 32.9. The maximum Gasteiger partial charge on any atom is -0.00969 e. The summed E-state index contributed by atoms with van der Waals surface area (Å²) >= 11 is 0. The van der Waals surface area contributed by atoms with Crippen molar-refractivity contribution >= 4 is 10.8 Å². The van der Waals surface area contributed by atoms with Gasteiger partial charge in [0, 0.05) is 0 Å². The molecule has 0 N–H and O–H groups in total. The second-order valence-electron chi connectivity index (χ2n) is 20.0. The Morgan fingerprint density at radius 3 is 1.53 bits per heavy atom. The highest BCUT2D eigenvalue weighted by atomic mass is 14.6. The molecule has 0 amide bonds. The first-order valence-electron chi connectivity index (χ1n) is 19.5. The summed E-state index contributed by atoms with van der Waals surface area (Å²) in [6, 6.07) is 16.9. The number of benzene rings is 2. The predicted molar refractivity (Wildman–Crippen MR) is 199 cm³/mol. The topological polar surface area (TPSA) is 0 Å². The average Bonchev–Trinajstić information content (AvgIpc) is 3.50. The van der Waals surface area contributed by atoms with Gasteiger partial charge in [-0.2, -0.15) is 0 Å². The van der Waals surface area contributed by atoms with Crippen LogP contribution in [0.15, 0.2) is 42.5 Å². The third kappa shape index (κ3) is 7.26. The zero-order valence-electron chi connectivity index (χ0n) is 31.8. The molecular formula is C45H72. The van der Waals surface area contributed by atoms with Gasteiger partial charge in [0.05, 0.1) is 0 Å². The van der Waals surface area contributed by atoms with Gasteiger partial charge in [-0.25, -0.2) is 0 Å². The smallest absolute Gasteiger partial charge is 0.00969 e. The fourth-order valence-electron chi connectivity index (χ4n) is 11.5. The summed E-state index contributed by atoms with van der Waals surface area (Å²) < 4.78 is 0. The van der Waals surface area contributed by atoms with Crippen LogP contribution in [0, 0.1) is 75.4 Å². The van der Waals surface area contributed by atoms with Crippen LogP contribution < -0.4 is 0 Å². The van der Waals surface area contributed by atoms with Gasteiger partial charge in [0.25, 0.3) is 0 Å². The van der Waals surface area contributed by atoms with E-state index in [0.29, 0.717) is 22.2 Å². The molecule has 0 saturated heterocycles. The Bertz CT molecular complexity index is 1210. The minimum absolute atomic E-state index is 0.405. The molecule has 9 unspecified atom stereocenters. The number of fused-ring (bicyclic) bond motifs is 4. The molecule has 45 heavy (non-hydrogen) atoms. The summed E-state index contributed by atoms with van der Waals surface area (Å²) in [7, 11) is 0. The van der Waals surface area contributed by atoms with E-state index in [0.717, 1.165) is 59.2 Å². The molecular weight excluding hydrogens is 540 g/mol. The van der Waals surface area contributed by atoms with E-state index in [1.165, 1.54) is 68.6 Å². The molecule has 252 valence electrons. The molecule has 0 heteroatoms. The Kier molecular flexibility index (Phi) is 10.4. The Balaban J connectivity index is 0.00000128. The average molecular weight is 613 g/mol. The standard InChI is InChI=1S/C42H64.C3H8/c1-26-21-32(42(8,9)10)25-35(26)38(29-16-15-27-13-11-12-14-28(27)22-29)39-36-23-30(40(2,3)4)17-19-33(36)34-20-18-31(24-37(34)39)41(5,6)7;1-3-2/h11-16,22,26,30-39H,17-21,23-25H2,1-10H3;3H2,1-2H3/t26?,30?,31?,32?,33?,34?,35?,36?,37?,38-,39?;/m1./s1. The molecule has 0 heterocycles. The molecule has 0 aromatic heterocycles. The number of hydrogen-bond acceptors (Lipinski definition) is 0. The summed E-state index contributed by atoms with van der Waals surface area (Å²) in [6.45, 7) is 29.7. The lowest BCUT2D eigenvalue weighted by molar-refractivity contribution is 0.0658. The molecule has 4 saturated carbocycles. The second kappa shape index (κ2) is 13.3. The first kappa shape index (κ1) is 35.0. The van der Waals surface area contributed by atoms with Crippen molar-refractivity contribution in [2.45, 2.75) is 147 Å². The van der Waals surface area contributed by atoms with Crippen molar-refractivity contribution in [1.29, 1.82) is 0 Å². The maximum absolute atomic E-state index is 2.66. The van der Waals surface area contributed by atoms with Crippen LogP contribution in [-0.4, -0.2) is 0 Å². The highest BCUT2D eigenvalue weighted by Crippen LogP contribution is 2.67. The molecule has 4 aliphatic carbocycles. The van der Waals surface area contributed by atoms with Gasteiger partial charge in [-0.1, -0.05) is 132 Å². The van der Waals surface area contributed by atoms with Crippen molar-refractivity contribution in [1.82, 2.24) is 0 Å². The molecule has 0 spiro atoms. The molecule has 6 rings (SSSR count). The van der Waals surface area contributed by atoms with Crippen molar-refractivity contribution in [2.24, 2.45) is 75.4 Å². The third-order valence-corrected chi connectivity index (χ3v) is 14.1. The summed E-state index contributed by atoms with van der Waals surface area (Å²) in [4.78, 5) is 0. The Morgan fingerprint density at radius 2 is 1.07 bits per heavy atom. The molecule has 4 aliphatic rings. The van der Waals surface area contributed by atoms with Crippen LogP contribution in [0.2, 0.25) is 0 Å². The Hall–Kier alpha value is -1.30. The quantitative estimate of drug-likeness (QED) is 0.323. The molecule has 10 atom stereocenters. The summed E-state index contributed by atoms with van der Waals surface area (Å²) in [6.07, 6.45) is 13.0. The van der Waals surface area contributed by atoms with Gasteiger partial charge < -0.3 is 0 Å². The van der Waals surface area contributed by atoms with Crippen molar-refractivity contribution < 1.29 is 0 Å². The van der Waals surface area contributed by atoms with Crippen LogP contribution in [0.3, 0.4) is 0 Å². The molecule has 2 aromatic carbocycles. The van der Waals surface area contributed by atoms with Gasteiger partial charge in [-0.15, -0.1) is 0 Å². The van der Waals surface area contributed by atoms with E-state index in [2.05, 4.69) is 126 Å². The van der Waals surface area contributed by atoms with Gasteiger partial charge in [-0.05, 0) is 149 Å². The first-order valence-corrected chi connectivity index (χ1v) is 19.5. The van der Waals surface area contributed by atoms with Crippen LogP contribution in [0.1, 0.15) is 152 Å². The Morgan fingerprint density at radius 1 is 0.578 bits per heavy atom. The largest absolute Gasteiger partial charge is 0.0656 e. The SMILES string of the molecule is CC1CC(C(C)(C)C)CC1[C@@H](c1ccc2ccccc2c1)C1C2CC(C(C)(C)C)CCC2C2CCC(C(C)(C)C)CC21.CCC. The highest BCUT2D eigenvalue weighted by Gasteiger charge is 2.59. The molecule has 0 radical (unpaired) electrons.